The van der Waals surface area contributed by atoms with Crippen molar-refractivity contribution in [3.63, 3.8) is 0 Å². The highest BCUT2D eigenvalue weighted by Gasteiger charge is 2.12. The fourth-order valence-electron chi connectivity index (χ4n) is 2.26. The molecule has 4 aromatic rings. The molecule has 0 aliphatic carbocycles. The van der Waals surface area contributed by atoms with Gasteiger partial charge in [0.2, 0.25) is 0 Å². The average Bonchev–Trinajstić information content (AvgIpc) is 2.89. The molecule has 0 atom stereocenters. The molecule has 3 aromatic heterocycles. The molecule has 0 radical (unpaired) electrons. The van der Waals surface area contributed by atoms with Gasteiger partial charge in [0.15, 0.2) is 0 Å². The van der Waals surface area contributed by atoms with Crippen LogP contribution in [0.2, 0.25) is 5.02 Å². The van der Waals surface area contributed by atoms with Crippen molar-refractivity contribution in [2.75, 3.05) is 0 Å². The van der Waals surface area contributed by atoms with Gasteiger partial charge in [-0.05, 0) is 36.4 Å². The highest BCUT2D eigenvalue weighted by atomic mass is 35.5. The fourth-order valence-corrected chi connectivity index (χ4v) is 3.41. The number of nitrogens with zero attached hydrogens (tertiary/aromatic N) is 3. The zero-order valence-corrected chi connectivity index (χ0v) is 12.2. The number of hydrogen-bond acceptors (Lipinski definition) is 4. The summed E-state index contributed by atoms with van der Waals surface area (Å²) in [5, 5.41) is 1.55. The van der Waals surface area contributed by atoms with Gasteiger partial charge in [-0.1, -0.05) is 11.6 Å². The smallest absolute Gasteiger partial charge is 0.267 e. The van der Waals surface area contributed by atoms with Crippen LogP contribution in [-0.2, 0) is 0 Å². The van der Waals surface area contributed by atoms with Crippen LogP contribution >= 0.6 is 22.9 Å². The van der Waals surface area contributed by atoms with E-state index in [4.69, 9.17) is 11.6 Å². The topological polar surface area (TPSA) is 47.8 Å². The van der Waals surface area contributed by atoms with Gasteiger partial charge in [0.1, 0.15) is 15.9 Å². The molecule has 0 bridgehead atoms. The molecule has 0 aliphatic heterocycles. The maximum absolute atomic E-state index is 12.7. The Morgan fingerprint density at radius 3 is 2.71 bits per heavy atom. The summed E-state index contributed by atoms with van der Waals surface area (Å²) in [5.41, 5.74) is 1.35. The Balaban J connectivity index is 2.04. The van der Waals surface area contributed by atoms with E-state index in [9.17, 15) is 4.79 Å². The predicted octanol–water partition coefficient (Wildman–Crippen LogP) is 3.65. The molecule has 0 saturated carbocycles. The molecule has 0 amide bonds. The van der Waals surface area contributed by atoms with E-state index < -0.39 is 0 Å². The lowest BCUT2D eigenvalue weighted by Crippen LogP contribution is -2.17. The zero-order chi connectivity index (χ0) is 14.4. The zero-order valence-electron chi connectivity index (χ0n) is 10.7. The molecule has 0 spiro atoms. The van der Waals surface area contributed by atoms with Crippen LogP contribution in [0.1, 0.15) is 0 Å². The second-order valence-corrected chi connectivity index (χ2v) is 5.97. The summed E-state index contributed by atoms with van der Waals surface area (Å²) >= 11 is 7.25. The highest BCUT2D eigenvalue weighted by molar-refractivity contribution is 7.25. The van der Waals surface area contributed by atoms with E-state index in [1.54, 1.807) is 36.8 Å². The van der Waals surface area contributed by atoms with Crippen molar-refractivity contribution in [3.8, 4) is 5.69 Å². The van der Waals surface area contributed by atoms with Gasteiger partial charge in [-0.25, -0.2) is 9.97 Å². The Hall–Kier alpha value is -2.24. The Kier molecular flexibility index (Phi) is 2.77. The van der Waals surface area contributed by atoms with Gasteiger partial charge in [-0.3, -0.25) is 9.36 Å². The third-order valence-electron chi connectivity index (χ3n) is 3.26. The van der Waals surface area contributed by atoms with E-state index in [1.165, 1.54) is 15.9 Å². The van der Waals surface area contributed by atoms with Gasteiger partial charge < -0.3 is 0 Å². The molecule has 1 aromatic carbocycles. The van der Waals surface area contributed by atoms with Crippen LogP contribution in [0.5, 0.6) is 0 Å². The minimum absolute atomic E-state index is 0.0923. The molecule has 4 rings (SSSR count). The number of aromatic nitrogens is 3. The van der Waals surface area contributed by atoms with Crippen molar-refractivity contribution in [2.24, 2.45) is 0 Å². The van der Waals surface area contributed by atoms with Crippen LogP contribution in [0.4, 0.5) is 0 Å². The summed E-state index contributed by atoms with van der Waals surface area (Å²) in [4.78, 5) is 22.2. The maximum Gasteiger partial charge on any atom is 0.275 e. The van der Waals surface area contributed by atoms with Crippen molar-refractivity contribution >= 4 is 43.4 Å². The summed E-state index contributed by atoms with van der Waals surface area (Å²) in [5.74, 6) is 0. The first-order chi connectivity index (χ1) is 10.2. The summed E-state index contributed by atoms with van der Waals surface area (Å²) in [6.07, 6.45) is 3.27. The Morgan fingerprint density at radius 2 is 1.90 bits per heavy atom. The van der Waals surface area contributed by atoms with E-state index in [0.717, 1.165) is 15.9 Å². The molecule has 0 aliphatic rings. The SMILES string of the molecule is O=c1c2sc3ncccc3c2ncn1-c1ccc(Cl)cc1. The number of hydrogen-bond donors (Lipinski definition) is 0. The minimum atomic E-state index is -0.0923. The molecule has 102 valence electrons. The van der Waals surface area contributed by atoms with Crippen LogP contribution in [-0.4, -0.2) is 14.5 Å². The van der Waals surface area contributed by atoms with Crippen molar-refractivity contribution in [1.29, 1.82) is 0 Å². The molecule has 3 heterocycles. The number of benzene rings is 1. The van der Waals surface area contributed by atoms with E-state index in [2.05, 4.69) is 9.97 Å². The average molecular weight is 314 g/mol. The van der Waals surface area contributed by atoms with Crippen molar-refractivity contribution in [2.45, 2.75) is 0 Å². The van der Waals surface area contributed by atoms with Crippen LogP contribution in [0.15, 0.2) is 53.7 Å². The van der Waals surface area contributed by atoms with E-state index >= 15 is 0 Å². The lowest BCUT2D eigenvalue weighted by molar-refractivity contribution is 0.968. The van der Waals surface area contributed by atoms with Crippen molar-refractivity contribution in [3.05, 3.63) is 64.3 Å². The summed E-state index contributed by atoms with van der Waals surface area (Å²) < 4.78 is 2.13. The monoisotopic (exact) mass is 313 g/mol. The quantitative estimate of drug-likeness (QED) is 0.539. The first-order valence-electron chi connectivity index (χ1n) is 6.25. The van der Waals surface area contributed by atoms with Crippen LogP contribution in [0, 0.1) is 0 Å². The molecule has 0 saturated heterocycles. The van der Waals surface area contributed by atoms with Gasteiger partial charge >= 0.3 is 0 Å². The maximum atomic E-state index is 12.7. The minimum Gasteiger partial charge on any atom is -0.267 e. The second-order valence-electron chi connectivity index (χ2n) is 4.53. The van der Waals surface area contributed by atoms with Crippen LogP contribution < -0.4 is 5.56 Å². The first-order valence-corrected chi connectivity index (χ1v) is 7.44. The lowest BCUT2D eigenvalue weighted by Gasteiger charge is -2.04. The van der Waals surface area contributed by atoms with Crippen molar-refractivity contribution in [1.82, 2.24) is 14.5 Å². The first kappa shape index (κ1) is 12.5. The Bertz CT molecular complexity index is 1020. The summed E-state index contributed by atoms with van der Waals surface area (Å²) in [7, 11) is 0. The van der Waals surface area contributed by atoms with E-state index in [0.29, 0.717) is 15.2 Å². The number of fused-ring (bicyclic) bond motifs is 3. The molecular weight excluding hydrogens is 306 g/mol. The Morgan fingerprint density at radius 1 is 1.10 bits per heavy atom. The van der Waals surface area contributed by atoms with Gasteiger partial charge in [0, 0.05) is 16.6 Å². The largest absolute Gasteiger partial charge is 0.275 e. The number of thiophene rings is 1. The lowest BCUT2D eigenvalue weighted by atomic mass is 10.3. The number of halogens is 1. The fraction of sp³-hybridized carbons (Fsp3) is 0. The Labute approximate surface area is 128 Å². The second kappa shape index (κ2) is 4.65. The van der Waals surface area contributed by atoms with Gasteiger partial charge in [0.05, 0.1) is 11.2 Å². The van der Waals surface area contributed by atoms with E-state index in [-0.39, 0.29) is 5.56 Å². The molecule has 0 unspecified atom stereocenters. The summed E-state index contributed by atoms with van der Waals surface area (Å²) in [6.45, 7) is 0. The van der Waals surface area contributed by atoms with Crippen LogP contribution in [0.25, 0.3) is 26.1 Å². The number of rotatable bonds is 1. The predicted molar refractivity (Wildman–Crippen MR) is 85.5 cm³/mol. The standard InChI is InChI=1S/C15H8ClN3OS/c16-9-3-5-10(6-4-9)19-8-18-12-11-2-1-7-17-14(11)21-13(12)15(19)20/h1-8H. The molecule has 21 heavy (non-hydrogen) atoms. The van der Waals surface area contributed by atoms with Gasteiger partial charge in [-0.2, -0.15) is 0 Å². The van der Waals surface area contributed by atoms with E-state index in [1.807, 2.05) is 12.1 Å². The highest BCUT2D eigenvalue weighted by Crippen LogP contribution is 2.28. The molecule has 0 N–H and O–H groups in total. The van der Waals surface area contributed by atoms with Gasteiger partial charge in [0.25, 0.3) is 5.56 Å². The molecule has 6 heteroatoms. The molecular formula is C15H8ClN3OS. The third kappa shape index (κ3) is 1.93. The van der Waals surface area contributed by atoms with Crippen LogP contribution in [0.3, 0.4) is 0 Å². The summed E-state index contributed by atoms with van der Waals surface area (Å²) in [6, 6.07) is 10.9. The molecule has 0 fully saturated rings. The van der Waals surface area contributed by atoms with Crippen molar-refractivity contribution < 1.29 is 0 Å². The number of pyridine rings is 1. The molecule has 4 nitrogen and oxygen atoms in total. The van der Waals surface area contributed by atoms with Gasteiger partial charge in [-0.15, -0.1) is 11.3 Å². The third-order valence-corrected chi connectivity index (χ3v) is 4.60. The normalized spacial score (nSPS) is 11.3.